The third-order valence-corrected chi connectivity index (χ3v) is 4.36. The van der Waals surface area contributed by atoms with Crippen LogP contribution in [0.1, 0.15) is 40.4 Å². The number of hydrogen-bond acceptors (Lipinski definition) is 4. The van der Waals surface area contributed by atoms with Crippen molar-refractivity contribution in [3.8, 4) is 6.07 Å². The maximum Gasteiger partial charge on any atom is 0.274 e. The van der Waals surface area contributed by atoms with E-state index in [1.54, 1.807) is 13.1 Å². The summed E-state index contributed by atoms with van der Waals surface area (Å²) in [4.78, 5) is 14.3. The molecule has 0 saturated carbocycles. The molecule has 2 aromatic rings. The van der Waals surface area contributed by atoms with E-state index >= 15 is 0 Å². The van der Waals surface area contributed by atoms with Crippen LogP contribution in [0, 0.1) is 11.3 Å². The third kappa shape index (κ3) is 3.19. The average Bonchev–Trinajstić information content (AvgIpc) is 3.10. The van der Waals surface area contributed by atoms with Gasteiger partial charge < -0.3 is 10.2 Å². The molecule has 0 radical (unpaired) electrons. The molecule has 0 spiro atoms. The van der Waals surface area contributed by atoms with E-state index in [1.165, 1.54) is 5.56 Å². The van der Waals surface area contributed by atoms with Gasteiger partial charge in [0.05, 0.1) is 11.6 Å². The molecule has 23 heavy (non-hydrogen) atoms. The first kappa shape index (κ1) is 15.1. The largest absolute Gasteiger partial charge is 0.374 e. The Kier molecular flexibility index (Phi) is 4.29. The number of nitriles is 1. The van der Waals surface area contributed by atoms with Gasteiger partial charge in [-0.15, -0.1) is 0 Å². The van der Waals surface area contributed by atoms with Crippen LogP contribution in [-0.4, -0.2) is 41.1 Å². The molecule has 1 aliphatic rings. The Labute approximate surface area is 135 Å². The number of likely N-dealkylation sites (tertiary alicyclic amines) is 1. The highest BCUT2D eigenvalue weighted by Gasteiger charge is 2.25. The Bertz CT molecular complexity index is 720. The molecule has 2 N–H and O–H groups in total. The van der Waals surface area contributed by atoms with Crippen molar-refractivity contribution in [2.24, 2.45) is 0 Å². The first-order valence-electron chi connectivity index (χ1n) is 7.73. The average molecular weight is 309 g/mol. The minimum atomic E-state index is -0.0268. The molecule has 3 rings (SSSR count). The molecule has 118 valence electrons. The summed E-state index contributed by atoms with van der Waals surface area (Å²) in [5.74, 6) is 1.15. The van der Waals surface area contributed by atoms with Gasteiger partial charge >= 0.3 is 0 Å². The molecule has 1 saturated heterocycles. The second-order valence-corrected chi connectivity index (χ2v) is 5.72. The van der Waals surface area contributed by atoms with Crippen LogP contribution in [0.2, 0.25) is 0 Å². The molecule has 6 heteroatoms. The van der Waals surface area contributed by atoms with Crippen LogP contribution in [0.15, 0.2) is 30.3 Å². The highest BCUT2D eigenvalue weighted by atomic mass is 16.2. The molecule has 1 aromatic carbocycles. The number of carbonyl (C=O) groups excluding carboxylic acids is 1. The van der Waals surface area contributed by atoms with Gasteiger partial charge in [0.1, 0.15) is 5.82 Å². The number of aromatic nitrogens is 2. The zero-order valence-electron chi connectivity index (χ0n) is 13.0. The van der Waals surface area contributed by atoms with Gasteiger partial charge in [-0.1, -0.05) is 12.1 Å². The zero-order valence-corrected chi connectivity index (χ0v) is 13.0. The number of rotatable bonds is 3. The standard InChI is InChI=1S/C17H19N5O/c1-19-16-10-15(20-21-16)17(23)22-8-6-14(7-9-22)13-4-2-12(11-18)3-5-13/h2-5,10,14H,6-9H2,1H3,(H2,19,20,21). The Morgan fingerprint density at radius 3 is 2.61 bits per heavy atom. The van der Waals surface area contributed by atoms with E-state index in [9.17, 15) is 4.79 Å². The number of anilines is 1. The molecule has 1 aromatic heterocycles. The van der Waals surface area contributed by atoms with Crippen LogP contribution in [0.3, 0.4) is 0 Å². The number of carbonyl (C=O) groups is 1. The molecule has 1 aliphatic heterocycles. The molecule has 1 amide bonds. The van der Waals surface area contributed by atoms with Crippen molar-refractivity contribution in [2.45, 2.75) is 18.8 Å². The van der Waals surface area contributed by atoms with Crippen molar-refractivity contribution in [1.29, 1.82) is 5.26 Å². The van der Waals surface area contributed by atoms with Crippen molar-refractivity contribution < 1.29 is 4.79 Å². The lowest BCUT2D eigenvalue weighted by atomic mass is 9.89. The molecule has 2 heterocycles. The summed E-state index contributed by atoms with van der Waals surface area (Å²) >= 11 is 0. The van der Waals surface area contributed by atoms with Gasteiger partial charge in [0.25, 0.3) is 5.91 Å². The molecule has 1 fully saturated rings. The van der Waals surface area contributed by atoms with Crippen LogP contribution in [-0.2, 0) is 0 Å². The fraction of sp³-hybridized carbons (Fsp3) is 0.353. The van der Waals surface area contributed by atoms with Crippen molar-refractivity contribution >= 4 is 11.7 Å². The highest BCUT2D eigenvalue weighted by Crippen LogP contribution is 2.28. The second-order valence-electron chi connectivity index (χ2n) is 5.72. The fourth-order valence-corrected chi connectivity index (χ4v) is 2.97. The van der Waals surface area contributed by atoms with E-state index < -0.39 is 0 Å². The molecule has 0 atom stereocenters. The minimum absolute atomic E-state index is 0.0268. The molecule has 6 nitrogen and oxygen atoms in total. The number of benzene rings is 1. The van der Waals surface area contributed by atoms with Gasteiger partial charge in [0, 0.05) is 26.2 Å². The van der Waals surface area contributed by atoms with Crippen molar-refractivity contribution in [1.82, 2.24) is 15.1 Å². The van der Waals surface area contributed by atoms with Gasteiger partial charge in [-0.05, 0) is 36.5 Å². The minimum Gasteiger partial charge on any atom is -0.374 e. The smallest absolute Gasteiger partial charge is 0.274 e. The lowest BCUT2D eigenvalue weighted by Gasteiger charge is -2.31. The number of aromatic amines is 1. The van der Waals surface area contributed by atoms with Gasteiger partial charge in [0.2, 0.25) is 0 Å². The Morgan fingerprint density at radius 1 is 1.35 bits per heavy atom. The van der Waals surface area contributed by atoms with Crippen LogP contribution in [0.4, 0.5) is 5.82 Å². The summed E-state index contributed by atoms with van der Waals surface area (Å²) < 4.78 is 0. The summed E-state index contributed by atoms with van der Waals surface area (Å²) in [6, 6.07) is 11.6. The third-order valence-electron chi connectivity index (χ3n) is 4.36. The topological polar surface area (TPSA) is 84.8 Å². The Morgan fingerprint density at radius 2 is 2.04 bits per heavy atom. The van der Waals surface area contributed by atoms with Crippen LogP contribution < -0.4 is 5.32 Å². The second kappa shape index (κ2) is 6.53. The monoisotopic (exact) mass is 309 g/mol. The van der Waals surface area contributed by atoms with Crippen molar-refractivity contribution in [3.63, 3.8) is 0 Å². The summed E-state index contributed by atoms with van der Waals surface area (Å²) in [6.07, 6.45) is 1.86. The first-order valence-corrected chi connectivity index (χ1v) is 7.73. The predicted molar refractivity (Wildman–Crippen MR) is 87.2 cm³/mol. The van der Waals surface area contributed by atoms with E-state index in [4.69, 9.17) is 5.26 Å². The molecular formula is C17H19N5O. The Balaban J connectivity index is 1.61. The van der Waals surface area contributed by atoms with E-state index in [-0.39, 0.29) is 5.91 Å². The van der Waals surface area contributed by atoms with Gasteiger partial charge in [-0.25, -0.2) is 0 Å². The lowest BCUT2D eigenvalue weighted by molar-refractivity contribution is 0.0707. The lowest BCUT2D eigenvalue weighted by Crippen LogP contribution is -2.38. The van der Waals surface area contributed by atoms with Gasteiger partial charge in [-0.3, -0.25) is 9.89 Å². The van der Waals surface area contributed by atoms with E-state index in [2.05, 4.69) is 21.6 Å². The van der Waals surface area contributed by atoms with Crippen LogP contribution in [0.25, 0.3) is 0 Å². The summed E-state index contributed by atoms with van der Waals surface area (Å²) in [7, 11) is 1.78. The van der Waals surface area contributed by atoms with Crippen LogP contribution in [0.5, 0.6) is 0 Å². The SMILES string of the molecule is CNc1cc(C(=O)N2CCC(c3ccc(C#N)cc3)CC2)n[nH]1. The number of hydrogen-bond donors (Lipinski definition) is 2. The van der Waals surface area contributed by atoms with E-state index in [1.807, 2.05) is 29.2 Å². The van der Waals surface area contributed by atoms with Crippen molar-refractivity contribution in [2.75, 3.05) is 25.5 Å². The normalized spacial score (nSPS) is 15.2. The van der Waals surface area contributed by atoms with E-state index in [0.717, 1.165) is 31.7 Å². The Hall–Kier alpha value is -2.81. The maximum absolute atomic E-state index is 12.4. The fourth-order valence-electron chi connectivity index (χ4n) is 2.97. The number of amides is 1. The van der Waals surface area contributed by atoms with E-state index in [0.29, 0.717) is 17.2 Å². The molecular weight excluding hydrogens is 290 g/mol. The van der Waals surface area contributed by atoms with Crippen molar-refractivity contribution in [3.05, 3.63) is 47.2 Å². The summed E-state index contributed by atoms with van der Waals surface area (Å²) in [6.45, 7) is 1.45. The number of H-pyrrole nitrogens is 1. The first-order chi connectivity index (χ1) is 11.2. The number of piperidine rings is 1. The molecule has 0 bridgehead atoms. The number of nitrogens with one attached hydrogen (secondary N) is 2. The molecule has 0 unspecified atom stereocenters. The van der Waals surface area contributed by atoms with Gasteiger partial charge in [0.15, 0.2) is 5.69 Å². The van der Waals surface area contributed by atoms with Gasteiger partial charge in [-0.2, -0.15) is 10.4 Å². The summed E-state index contributed by atoms with van der Waals surface area (Å²) in [5.41, 5.74) is 2.37. The maximum atomic E-state index is 12.4. The number of nitrogens with zero attached hydrogens (tertiary/aromatic N) is 3. The quantitative estimate of drug-likeness (QED) is 0.911. The zero-order chi connectivity index (χ0) is 16.2. The predicted octanol–water partition coefficient (Wildman–Crippen LogP) is 2.34. The van der Waals surface area contributed by atoms with Crippen LogP contribution >= 0.6 is 0 Å². The molecule has 0 aliphatic carbocycles. The summed E-state index contributed by atoms with van der Waals surface area (Å²) in [5, 5.41) is 18.6. The highest BCUT2D eigenvalue weighted by molar-refractivity contribution is 5.93.